The Labute approximate surface area is 178 Å². The molecule has 30 heavy (non-hydrogen) atoms. The Hall–Kier alpha value is -2.10. The number of aryl methyl sites for hydroxylation is 2. The number of hydrogen-bond acceptors (Lipinski definition) is 6. The predicted octanol–water partition coefficient (Wildman–Crippen LogP) is 2.01. The number of aromatic amines is 1. The fraction of sp³-hybridized carbons (Fsp3) is 0.571. The molecule has 2 aromatic rings. The summed E-state index contributed by atoms with van der Waals surface area (Å²) in [5, 5.41) is 6.88. The molecule has 1 atom stereocenters. The van der Waals surface area contributed by atoms with Crippen molar-refractivity contribution in [3.05, 3.63) is 35.7 Å². The van der Waals surface area contributed by atoms with E-state index in [1.165, 1.54) is 0 Å². The van der Waals surface area contributed by atoms with Crippen LogP contribution in [0.3, 0.4) is 0 Å². The molecule has 1 N–H and O–H groups in total. The quantitative estimate of drug-likeness (QED) is 0.777. The fourth-order valence-electron chi connectivity index (χ4n) is 4.71. The number of ether oxygens (including phenoxy) is 1. The van der Waals surface area contributed by atoms with Crippen LogP contribution in [0.2, 0.25) is 0 Å². The number of piperidine rings is 1. The Balaban J connectivity index is 1.43. The van der Waals surface area contributed by atoms with Gasteiger partial charge in [-0.25, -0.2) is 8.42 Å². The van der Waals surface area contributed by atoms with Crippen molar-refractivity contribution in [2.75, 3.05) is 51.3 Å². The van der Waals surface area contributed by atoms with Crippen LogP contribution in [0.25, 0.3) is 0 Å². The molecule has 3 heterocycles. The van der Waals surface area contributed by atoms with E-state index in [2.05, 4.69) is 26.1 Å². The van der Waals surface area contributed by atoms with Gasteiger partial charge in [0.2, 0.25) is 10.0 Å². The van der Waals surface area contributed by atoms with Crippen LogP contribution >= 0.6 is 0 Å². The number of hydrogen-bond donors (Lipinski definition) is 1. The molecule has 1 aromatic heterocycles. The van der Waals surface area contributed by atoms with E-state index >= 15 is 0 Å². The van der Waals surface area contributed by atoms with Gasteiger partial charge in [0.15, 0.2) is 0 Å². The van der Waals surface area contributed by atoms with E-state index in [1.807, 2.05) is 18.2 Å². The third kappa shape index (κ3) is 3.93. The molecule has 0 bridgehead atoms. The van der Waals surface area contributed by atoms with Crippen LogP contribution in [0, 0.1) is 13.8 Å². The van der Waals surface area contributed by atoms with Crippen molar-refractivity contribution < 1.29 is 13.2 Å². The van der Waals surface area contributed by atoms with Crippen molar-refractivity contribution in [2.24, 2.45) is 0 Å². The first kappa shape index (κ1) is 21.1. The lowest BCUT2D eigenvalue weighted by molar-refractivity contribution is 0.128. The molecule has 0 amide bonds. The zero-order chi connectivity index (χ0) is 21.3. The molecule has 0 saturated carbocycles. The molecule has 2 saturated heterocycles. The molecule has 4 rings (SSSR count). The number of nitrogens with zero attached hydrogens (tertiary/aromatic N) is 4. The zero-order valence-electron chi connectivity index (χ0n) is 18.0. The second-order valence-electron chi connectivity index (χ2n) is 8.12. The second-order valence-corrected chi connectivity index (χ2v) is 9.99. The SMILES string of the molecule is COc1ccccc1N1CCN(C2CCCN(S(=O)(=O)c3c(C)n[nH]c3C)C2)CC1. The van der Waals surface area contributed by atoms with Crippen LogP contribution in [-0.4, -0.2) is 80.2 Å². The van der Waals surface area contributed by atoms with E-state index in [4.69, 9.17) is 4.74 Å². The van der Waals surface area contributed by atoms with Gasteiger partial charge < -0.3 is 9.64 Å². The summed E-state index contributed by atoms with van der Waals surface area (Å²) in [5.41, 5.74) is 2.28. The average molecular weight is 434 g/mol. The minimum absolute atomic E-state index is 0.251. The van der Waals surface area contributed by atoms with Gasteiger partial charge in [-0.15, -0.1) is 0 Å². The molecular weight excluding hydrogens is 402 g/mol. The molecule has 1 unspecified atom stereocenters. The molecule has 0 aliphatic carbocycles. The Kier molecular flexibility index (Phi) is 6.04. The maximum absolute atomic E-state index is 13.3. The summed E-state index contributed by atoms with van der Waals surface area (Å²) in [5.74, 6) is 0.895. The summed E-state index contributed by atoms with van der Waals surface area (Å²) < 4.78 is 33.7. The normalized spacial score (nSPS) is 21.7. The first-order chi connectivity index (χ1) is 14.4. The van der Waals surface area contributed by atoms with Crippen molar-refractivity contribution in [3.8, 4) is 5.75 Å². The maximum atomic E-state index is 13.3. The highest BCUT2D eigenvalue weighted by Gasteiger charge is 2.36. The Morgan fingerprint density at radius 1 is 1.10 bits per heavy atom. The molecule has 8 nitrogen and oxygen atoms in total. The van der Waals surface area contributed by atoms with Gasteiger partial charge in [-0.05, 0) is 38.8 Å². The van der Waals surface area contributed by atoms with Crippen LogP contribution in [0.1, 0.15) is 24.2 Å². The molecule has 2 aliphatic rings. The second kappa shape index (κ2) is 8.56. The first-order valence-corrected chi connectivity index (χ1v) is 12.0. The Bertz CT molecular complexity index is 963. The van der Waals surface area contributed by atoms with Crippen LogP contribution in [0.4, 0.5) is 5.69 Å². The highest BCUT2D eigenvalue weighted by Crippen LogP contribution is 2.30. The summed E-state index contributed by atoms with van der Waals surface area (Å²) in [6.07, 6.45) is 1.91. The van der Waals surface area contributed by atoms with E-state index in [9.17, 15) is 8.42 Å². The van der Waals surface area contributed by atoms with Crippen LogP contribution in [0.15, 0.2) is 29.2 Å². The lowest BCUT2D eigenvalue weighted by Crippen LogP contribution is -2.55. The average Bonchev–Trinajstić information content (AvgIpc) is 3.12. The number of H-pyrrole nitrogens is 1. The van der Waals surface area contributed by atoms with Crippen LogP contribution < -0.4 is 9.64 Å². The topological polar surface area (TPSA) is 81.8 Å². The van der Waals surface area contributed by atoms with E-state index in [-0.39, 0.29) is 6.04 Å². The number of anilines is 1. The monoisotopic (exact) mass is 433 g/mol. The smallest absolute Gasteiger partial charge is 0.246 e. The van der Waals surface area contributed by atoms with Crippen molar-refractivity contribution in [1.29, 1.82) is 0 Å². The zero-order valence-corrected chi connectivity index (χ0v) is 18.8. The largest absolute Gasteiger partial charge is 0.495 e. The van der Waals surface area contributed by atoms with Gasteiger partial charge in [0.1, 0.15) is 10.6 Å². The first-order valence-electron chi connectivity index (χ1n) is 10.6. The van der Waals surface area contributed by atoms with Gasteiger partial charge in [-0.2, -0.15) is 9.40 Å². The Morgan fingerprint density at radius 3 is 2.50 bits per heavy atom. The van der Waals surface area contributed by atoms with Crippen molar-refractivity contribution in [1.82, 2.24) is 19.4 Å². The van der Waals surface area contributed by atoms with Gasteiger partial charge in [0.25, 0.3) is 0 Å². The van der Waals surface area contributed by atoms with Crippen molar-refractivity contribution in [3.63, 3.8) is 0 Å². The summed E-state index contributed by atoms with van der Waals surface area (Å²) >= 11 is 0. The lowest BCUT2D eigenvalue weighted by atomic mass is 10.0. The number of sulfonamides is 1. The molecule has 9 heteroatoms. The molecule has 164 valence electrons. The minimum Gasteiger partial charge on any atom is -0.495 e. The van der Waals surface area contributed by atoms with Crippen LogP contribution in [0.5, 0.6) is 5.75 Å². The standard InChI is InChI=1S/C21H31N5O3S/c1-16-21(17(2)23-22-16)30(27,28)26-10-6-7-18(15-26)24-11-13-25(14-12-24)19-8-4-5-9-20(19)29-3/h4-5,8-9,18H,6-7,10-15H2,1-3H3,(H,22,23). The van der Waals surface area contributed by atoms with Gasteiger partial charge in [-0.3, -0.25) is 10.00 Å². The number of rotatable bonds is 5. The van der Waals surface area contributed by atoms with E-state index in [0.29, 0.717) is 29.4 Å². The van der Waals surface area contributed by atoms with Gasteiger partial charge in [0.05, 0.1) is 24.2 Å². The number of piperazine rings is 1. The number of nitrogens with one attached hydrogen (secondary N) is 1. The van der Waals surface area contributed by atoms with Crippen LogP contribution in [-0.2, 0) is 10.0 Å². The Morgan fingerprint density at radius 2 is 1.83 bits per heavy atom. The fourth-order valence-corrected chi connectivity index (χ4v) is 6.55. The van der Waals surface area contributed by atoms with Gasteiger partial charge in [-0.1, -0.05) is 12.1 Å². The molecule has 2 aliphatic heterocycles. The third-order valence-electron chi connectivity index (χ3n) is 6.27. The summed E-state index contributed by atoms with van der Waals surface area (Å²) in [6, 6.07) is 8.36. The molecule has 0 radical (unpaired) electrons. The summed E-state index contributed by atoms with van der Waals surface area (Å²) in [4.78, 5) is 5.14. The van der Waals surface area contributed by atoms with Crippen molar-refractivity contribution in [2.45, 2.75) is 37.6 Å². The van der Waals surface area contributed by atoms with Gasteiger partial charge in [0, 0.05) is 45.3 Å². The summed E-state index contributed by atoms with van der Waals surface area (Å²) in [7, 11) is -1.82. The highest BCUT2D eigenvalue weighted by atomic mass is 32.2. The minimum atomic E-state index is -3.53. The molecule has 1 aromatic carbocycles. The third-order valence-corrected chi connectivity index (χ3v) is 8.40. The number of para-hydroxylation sites is 2. The van der Waals surface area contributed by atoms with E-state index < -0.39 is 10.0 Å². The lowest BCUT2D eigenvalue weighted by Gasteiger charge is -2.43. The maximum Gasteiger partial charge on any atom is 0.246 e. The number of benzene rings is 1. The van der Waals surface area contributed by atoms with Crippen molar-refractivity contribution >= 4 is 15.7 Å². The molecule has 2 fully saturated rings. The highest BCUT2D eigenvalue weighted by molar-refractivity contribution is 7.89. The van der Waals surface area contributed by atoms with E-state index in [0.717, 1.165) is 50.5 Å². The number of aromatic nitrogens is 2. The molecule has 0 spiro atoms. The van der Waals surface area contributed by atoms with Gasteiger partial charge >= 0.3 is 0 Å². The van der Waals surface area contributed by atoms with E-state index in [1.54, 1.807) is 25.3 Å². The number of methoxy groups -OCH3 is 1. The molecular formula is C21H31N5O3S. The summed E-state index contributed by atoms with van der Waals surface area (Å²) in [6.45, 7) is 8.28. The predicted molar refractivity (Wildman–Crippen MR) is 117 cm³/mol.